The minimum atomic E-state index is 0. The number of aromatic nitrogens is 1. The topological polar surface area (TPSA) is 61.4 Å². The van der Waals surface area contributed by atoms with Crippen LogP contribution in [0.15, 0.2) is 35.5 Å². The van der Waals surface area contributed by atoms with Gasteiger partial charge in [0.25, 0.3) is 0 Å². The van der Waals surface area contributed by atoms with E-state index in [-0.39, 0.29) is 24.0 Å². The summed E-state index contributed by atoms with van der Waals surface area (Å²) in [5, 5.41) is 8.23. The second-order valence-corrected chi connectivity index (χ2v) is 6.73. The summed E-state index contributed by atoms with van der Waals surface area (Å²) in [6.45, 7) is 3.76. The van der Waals surface area contributed by atoms with Gasteiger partial charge in [-0.1, -0.05) is 18.2 Å². The van der Waals surface area contributed by atoms with Crippen LogP contribution in [0.5, 0.6) is 0 Å². The summed E-state index contributed by atoms with van der Waals surface area (Å²) in [4.78, 5) is 8.10. The summed E-state index contributed by atoms with van der Waals surface area (Å²) in [6, 6.07) is 8.84. The van der Waals surface area contributed by atoms with Gasteiger partial charge in [-0.25, -0.2) is 0 Å². The molecule has 2 aromatic rings. The van der Waals surface area contributed by atoms with Crippen molar-refractivity contribution in [2.45, 2.75) is 50.9 Å². The van der Waals surface area contributed by atoms with Crippen LogP contribution < -0.4 is 10.6 Å². The zero-order valence-electron chi connectivity index (χ0n) is 14.6. The zero-order valence-corrected chi connectivity index (χ0v) is 17.0. The molecule has 2 fully saturated rings. The first kappa shape index (κ1) is 18.5. The van der Waals surface area contributed by atoms with Crippen LogP contribution in [0.4, 0.5) is 0 Å². The Kier molecular flexibility index (Phi) is 6.22. The molecule has 25 heavy (non-hydrogen) atoms. The van der Waals surface area contributed by atoms with Crippen LogP contribution in [0, 0.1) is 0 Å². The Balaban J connectivity index is 0.00000182. The molecular weight excluding hydrogens is 427 g/mol. The lowest BCUT2D eigenvalue weighted by atomic mass is 9.96. The maximum Gasteiger partial charge on any atom is 0.191 e. The monoisotopic (exact) mass is 454 g/mol. The van der Waals surface area contributed by atoms with Crippen molar-refractivity contribution in [2.75, 3.05) is 13.1 Å². The number of fused-ring (bicyclic) bond motifs is 3. The second kappa shape index (κ2) is 8.40. The highest BCUT2D eigenvalue weighted by Crippen LogP contribution is 2.34. The van der Waals surface area contributed by atoms with Gasteiger partial charge in [-0.15, -0.1) is 24.0 Å². The van der Waals surface area contributed by atoms with Crippen molar-refractivity contribution in [3.63, 3.8) is 0 Å². The Morgan fingerprint density at radius 1 is 1.32 bits per heavy atom. The maximum atomic E-state index is 5.93. The van der Waals surface area contributed by atoms with Crippen molar-refractivity contribution in [1.29, 1.82) is 0 Å². The fourth-order valence-corrected chi connectivity index (χ4v) is 3.91. The number of rotatable bonds is 5. The van der Waals surface area contributed by atoms with E-state index in [1.807, 2.05) is 0 Å². The van der Waals surface area contributed by atoms with Gasteiger partial charge in [0.2, 0.25) is 0 Å². The standard InChI is InChI=1S/C19H26N4O.HI/c1-2-20-19(23-17-11-14-7-8-18(17)24-14)21-10-9-13-12-22-16-6-4-3-5-15(13)16;/h3-6,12,14,17-18,22H,2,7-11H2,1H3,(H2,20,21,23);1H. The van der Waals surface area contributed by atoms with Gasteiger partial charge in [0.1, 0.15) is 0 Å². The number of aromatic amines is 1. The quantitative estimate of drug-likeness (QED) is 0.370. The molecule has 4 rings (SSSR count). The van der Waals surface area contributed by atoms with Gasteiger partial charge in [0.05, 0.1) is 18.2 Å². The predicted octanol–water partition coefficient (Wildman–Crippen LogP) is 3.20. The van der Waals surface area contributed by atoms with E-state index in [1.165, 1.54) is 29.3 Å². The molecule has 3 N–H and O–H groups in total. The van der Waals surface area contributed by atoms with Gasteiger partial charge in [0, 0.05) is 30.2 Å². The van der Waals surface area contributed by atoms with Crippen molar-refractivity contribution in [2.24, 2.45) is 4.99 Å². The van der Waals surface area contributed by atoms with E-state index in [1.54, 1.807) is 0 Å². The van der Waals surface area contributed by atoms with E-state index in [4.69, 9.17) is 9.73 Å². The zero-order chi connectivity index (χ0) is 16.4. The molecule has 3 atom stereocenters. The van der Waals surface area contributed by atoms with E-state index >= 15 is 0 Å². The van der Waals surface area contributed by atoms with Gasteiger partial charge in [0.15, 0.2) is 5.96 Å². The molecular formula is C19H27IN4O. The molecule has 1 aromatic heterocycles. The SMILES string of the molecule is CCNC(=NCCc1c[nH]c2ccccc12)NC1CC2CCC1O2.I. The molecule has 2 aliphatic heterocycles. The fraction of sp³-hybridized carbons (Fsp3) is 0.526. The molecule has 0 radical (unpaired) electrons. The summed E-state index contributed by atoms with van der Waals surface area (Å²) in [7, 11) is 0. The first-order valence-electron chi connectivity index (χ1n) is 9.09. The minimum Gasteiger partial charge on any atom is -0.373 e. The third kappa shape index (κ3) is 4.11. The van der Waals surface area contributed by atoms with E-state index in [9.17, 15) is 0 Å². The van der Waals surface area contributed by atoms with Gasteiger partial charge >= 0.3 is 0 Å². The van der Waals surface area contributed by atoms with Crippen LogP contribution in [-0.2, 0) is 11.2 Å². The van der Waals surface area contributed by atoms with Crippen molar-refractivity contribution in [3.05, 3.63) is 36.0 Å². The molecule has 136 valence electrons. The number of aliphatic imine (C=N–C) groups is 1. The third-order valence-electron chi connectivity index (χ3n) is 5.10. The number of ether oxygens (including phenoxy) is 1. The molecule has 0 amide bonds. The molecule has 2 saturated heterocycles. The van der Waals surface area contributed by atoms with Crippen molar-refractivity contribution in [1.82, 2.24) is 15.6 Å². The Hall–Kier alpha value is -1.28. The van der Waals surface area contributed by atoms with Crippen LogP contribution >= 0.6 is 24.0 Å². The maximum absolute atomic E-state index is 5.93. The largest absolute Gasteiger partial charge is 0.373 e. The van der Waals surface area contributed by atoms with Gasteiger partial charge in [-0.2, -0.15) is 0 Å². The first-order valence-corrected chi connectivity index (χ1v) is 9.09. The van der Waals surface area contributed by atoms with Crippen molar-refractivity contribution >= 4 is 40.8 Å². The van der Waals surface area contributed by atoms with Crippen LogP contribution in [0.3, 0.4) is 0 Å². The summed E-state index contributed by atoms with van der Waals surface area (Å²) in [5.74, 6) is 0.915. The van der Waals surface area contributed by atoms with E-state index < -0.39 is 0 Å². The average Bonchev–Trinajstić information content (AvgIpc) is 3.31. The Morgan fingerprint density at radius 3 is 2.96 bits per heavy atom. The highest BCUT2D eigenvalue weighted by Gasteiger charge is 2.41. The van der Waals surface area contributed by atoms with Crippen LogP contribution in [0.1, 0.15) is 31.7 Å². The summed E-state index contributed by atoms with van der Waals surface area (Å²) < 4.78 is 5.93. The molecule has 2 bridgehead atoms. The number of hydrogen-bond donors (Lipinski definition) is 3. The molecule has 5 nitrogen and oxygen atoms in total. The number of benzene rings is 1. The minimum absolute atomic E-state index is 0. The lowest BCUT2D eigenvalue weighted by molar-refractivity contribution is 0.0992. The molecule has 2 aliphatic rings. The Labute approximate surface area is 166 Å². The van der Waals surface area contributed by atoms with Gasteiger partial charge in [-0.05, 0) is 44.2 Å². The number of halogens is 1. The molecule has 6 heteroatoms. The summed E-state index contributed by atoms with van der Waals surface area (Å²) >= 11 is 0. The number of nitrogens with zero attached hydrogens (tertiary/aromatic N) is 1. The predicted molar refractivity (Wildman–Crippen MR) is 113 cm³/mol. The van der Waals surface area contributed by atoms with Crippen LogP contribution in [0.25, 0.3) is 10.9 Å². The van der Waals surface area contributed by atoms with Crippen LogP contribution in [-0.4, -0.2) is 42.3 Å². The third-order valence-corrected chi connectivity index (χ3v) is 5.10. The number of nitrogens with one attached hydrogen (secondary N) is 3. The molecule has 3 heterocycles. The fourth-order valence-electron chi connectivity index (χ4n) is 3.91. The summed E-state index contributed by atoms with van der Waals surface area (Å²) in [6.07, 6.45) is 7.37. The van der Waals surface area contributed by atoms with Crippen LogP contribution in [0.2, 0.25) is 0 Å². The smallest absolute Gasteiger partial charge is 0.191 e. The molecule has 0 spiro atoms. The second-order valence-electron chi connectivity index (χ2n) is 6.73. The Bertz CT molecular complexity index is 729. The van der Waals surface area contributed by atoms with E-state index in [2.05, 4.69) is 53.0 Å². The number of guanidine groups is 1. The average molecular weight is 454 g/mol. The first-order chi connectivity index (χ1) is 11.8. The molecule has 0 aliphatic carbocycles. The number of hydrogen-bond acceptors (Lipinski definition) is 2. The van der Waals surface area contributed by atoms with E-state index in [0.717, 1.165) is 31.9 Å². The normalized spacial score (nSPS) is 25.2. The number of H-pyrrole nitrogens is 1. The molecule has 1 aromatic carbocycles. The lowest BCUT2D eigenvalue weighted by Gasteiger charge is -2.22. The highest BCUT2D eigenvalue weighted by molar-refractivity contribution is 14.0. The number of para-hydroxylation sites is 1. The van der Waals surface area contributed by atoms with Crippen molar-refractivity contribution in [3.8, 4) is 0 Å². The lowest BCUT2D eigenvalue weighted by Crippen LogP contribution is -2.47. The van der Waals surface area contributed by atoms with E-state index in [0.29, 0.717) is 18.2 Å². The highest BCUT2D eigenvalue weighted by atomic mass is 127. The van der Waals surface area contributed by atoms with Crippen molar-refractivity contribution < 1.29 is 4.74 Å². The molecule has 0 saturated carbocycles. The summed E-state index contributed by atoms with van der Waals surface area (Å²) in [5.41, 5.74) is 2.52. The Morgan fingerprint density at radius 2 is 2.20 bits per heavy atom. The van der Waals surface area contributed by atoms with Gasteiger partial charge in [-0.3, -0.25) is 4.99 Å². The molecule has 3 unspecified atom stereocenters. The van der Waals surface area contributed by atoms with Gasteiger partial charge < -0.3 is 20.4 Å².